The molecule has 0 saturated heterocycles. The van der Waals surface area contributed by atoms with Gasteiger partial charge in [0.2, 0.25) is 5.75 Å². The van der Waals surface area contributed by atoms with Crippen molar-refractivity contribution in [2.24, 2.45) is 0 Å². The van der Waals surface area contributed by atoms with E-state index in [1.165, 1.54) is 44.7 Å². The topological polar surface area (TPSA) is 90.7 Å². The summed E-state index contributed by atoms with van der Waals surface area (Å²) in [4.78, 5) is 3.85. The summed E-state index contributed by atoms with van der Waals surface area (Å²) in [5, 5.41) is 18.4. The standard InChI is InChI=1S/C21H24F2N4O4/c1-29-18-6-14(7-19(30-2)20(18)31-3)9-24-10-21(28,11-27-13-25-12-26-27)16-5-4-15(22)8-17(16)23/h4-8,12-13,24,28H,9-11H2,1-3H3. The predicted octanol–water partition coefficient (Wildman–Crippen LogP) is 2.26. The largest absolute Gasteiger partial charge is 0.493 e. The molecule has 31 heavy (non-hydrogen) atoms. The Labute approximate surface area is 178 Å². The number of ether oxygens (including phenoxy) is 3. The van der Waals surface area contributed by atoms with Crippen LogP contribution < -0.4 is 19.5 Å². The third kappa shape index (κ3) is 5.09. The van der Waals surface area contributed by atoms with Crippen LogP contribution in [0.25, 0.3) is 0 Å². The van der Waals surface area contributed by atoms with Crippen LogP contribution in [0.15, 0.2) is 43.0 Å². The highest BCUT2D eigenvalue weighted by Gasteiger charge is 2.33. The van der Waals surface area contributed by atoms with E-state index in [2.05, 4.69) is 15.4 Å². The number of nitrogens with zero attached hydrogens (tertiary/aromatic N) is 3. The lowest BCUT2D eigenvalue weighted by molar-refractivity contribution is 0.0117. The van der Waals surface area contributed by atoms with E-state index in [9.17, 15) is 13.9 Å². The minimum Gasteiger partial charge on any atom is -0.493 e. The molecule has 0 aliphatic rings. The first-order chi connectivity index (χ1) is 14.9. The van der Waals surface area contributed by atoms with Gasteiger partial charge in [0.05, 0.1) is 27.9 Å². The Morgan fingerprint density at radius 1 is 1.06 bits per heavy atom. The molecular weight excluding hydrogens is 410 g/mol. The number of benzene rings is 2. The molecule has 0 bridgehead atoms. The van der Waals surface area contributed by atoms with E-state index < -0.39 is 17.2 Å². The van der Waals surface area contributed by atoms with Crippen LogP contribution in [0.2, 0.25) is 0 Å². The van der Waals surface area contributed by atoms with Gasteiger partial charge in [-0.25, -0.2) is 18.4 Å². The molecule has 166 valence electrons. The van der Waals surface area contributed by atoms with Crippen LogP contribution in [0.5, 0.6) is 17.2 Å². The minimum atomic E-state index is -1.72. The molecule has 0 aliphatic carbocycles. The predicted molar refractivity (Wildman–Crippen MR) is 108 cm³/mol. The maximum atomic E-state index is 14.5. The van der Waals surface area contributed by atoms with Crippen molar-refractivity contribution in [2.75, 3.05) is 27.9 Å². The Morgan fingerprint density at radius 2 is 1.77 bits per heavy atom. The SMILES string of the molecule is COc1cc(CNCC(O)(Cn2cncn2)c2ccc(F)cc2F)cc(OC)c1OC. The van der Waals surface area contributed by atoms with Gasteiger partial charge in [-0.2, -0.15) is 5.10 Å². The van der Waals surface area contributed by atoms with Crippen molar-refractivity contribution in [3.05, 3.63) is 65.7 Å². The fourth-order valence-electron chi connectivity index (χ4n) is 3.34. The molecule has 0 aliphatic heterocycles. The first kappa shape index (κ1) is 22.4. The van der Waals surface area contributed by atoms with Crippen LogP contribution in [0, 0.1) is 11.6 Å². The van der Waals surface area contributed by atoms with Crippen molar-refractivity contribution in [3.8, 4) is 17.2 Å². The van der Waals surface area contributed by atoms with Crippen molar-refractivity contribution >= 4 is 0 Å². The highest BCUT2D eigenvalue weighted by Crippen LogP contribution is 2.38. The van der Waals surface area contributed by atoms with E-state index in [1.807, 2.05) is 0 Å². The molecule has 10 heteroatoms. The van der Waals surface area contributed by atoms with E-state index >= 15 is 0 Å². The average molecular weight is 434 g/mol. The van der Waals surface area contributed by atoms with Crippen LogP contribution in [-0.2, 0) is 18.7 Å². The molecule has 3 aromatic rings. The van der Waals surface area contributed by atoms with Gasteiger partial charge in [0.1, 0.15) is 29.9 Å². The van der Waals surface area contributed by atoms with Gasteiger partial charge < -0.3 is 24.6 Å². The fraction of sp³-hybridized carbons (Fsp3) is 0.333. The average Bonchev–Trinajstić information content (AvgIpc) is 3.25. The zero-order valence-corrected chi connectivity index (χ0v) is 17.4. The molecule has 2 aromatic carbocycles. The number of rotatable bonds is 10. The molecule has 0 radical (unpaired) electrons. The molecule has 1 unspecified atom stereocenters. The van der Waals surface area contributed by atoms with Gasteiger partial charge in [-0.05, 0) is 23.8 Å². The second-order valence-corrected chi connectivity index (χ2v) is 6.89. The first-order valence-electron chi connectivity index (χ1n) is 9.40. The lowest BCUT2D eigenvalue weighted by atomic mass is 9.92. The summed E-state index contributed by atoms with van der Waals surface area (Å²) in [6.07, 6.45) is 2.72. The number of hydrogen-bond donors (Lipinski definition) is 2. The summed E-state index contributed by atoms with van der Waals surface area (Å²) in [6, 6.07) is 6.60. The molecule has 0 saturated carbocycles. The van der Waals surface area contributed by atoms with E-state index in [0.29, 0.717) is 23.8 Å². The Balaban J connectivity index is 1.83. The summed E-state index contributed by atoms with van der Waals surface area (Å²) in [5.41, 5.74) is -0.981. The Hall–Kier alpha value is -3.24. The van der Waals surface area contributed by atoms with Crippen molar-refractivity contribution in [1.29, 1.82) is 0 Å². The normalized spacial score (nSPS) is 13.0. The van der Waals surface area contributed by atoms with Crippen LogP contribution in [0.4, 0.5) is 8.78 Å². The Morgan fingerprint density at radius 3 is 2.32 bits per heavy atom. The minimum absolute atomic E-state index is 0.0495. The fourth-order valence-corrected chi connectivity index (χ4v) is 3.34. The molecular formula is C21H24F2N4O4. The van der Waals surface area contributed by atoms with Crippen molar-refractivity contribution in [1.82, 2.24) is 20.1 Å². The third-order valence-corrected chi connectivity index (χ3v) is 4.79. The summed E-state index contributed by atoms with van der Waals surface area (Å²) >= 11 is 0. The van der Waals surface area contributed by atoms with Gasteiger partial charge in [0.15, 0.2) is 11.5 Å². The van der Waals surface area contributed by atoms with Crippen molar-refractivity contribution in [2.45, 2.75) is 18.7 Å². The van der Waals surface area contributed by atoms with E-state index in [-0.39, 0.29) is 18.7 Å². The molecule has 1 atom stereocenters. The van der Waals surface area contributed by atoms with E-state index in [4.69, 9.17) is 14.2 Å². The summed E-state index contributed by atoms with van der Waals surface area (Å²) < 4.78 is 45.3. The van der Waals surface area contributed by atoms with Crippen LogP contribution >= 0.6 is 0 Å². The lowest BCUT2D eigenvalue weighted by Gasteiger charge is -2.29. The summed E-state index contributed by atoms with van der Waals surface area (Å²) in [7, 11) is 4.55. The van der Waals surface area contributed by atoms with Gasteiger partial charge in [-0.1, -0.05) is 6.07 Å². The molecule has 0 fully saturated rings. The zero-order chi connectivity index (χ0) is 22.4. The molecule has 1 heterocycles. The molecule has 3 rings (SSSR count). The van der Waals surface area contributed by atoms with Gasteiger partial charge in [-0.3, -0.25) is 0 Å². The number of nitrogens with one attached hydrogen (secondary N) is 1. The summed E-state index contributed by atoms with van der Waals surface area (Å²) in [5.74, 6) is -0.140. The maximum Gasteiger partial charge on any atom is 0.203 e. The van der Waals surface area contributed by atoms with Crippen molar-refractivity contribution in [3.63, 3.8) is 0 Å². The second kappa shape index (κ2) is 9.71. The molecule has 1 aromatic heterocycles. The Bertz CT molecular complexity index is 992. The number of methoxy groups -OCH3 is 3. The van der Waals surface area contributed by atoms with Crippen LogP contribution in [-0.4, -0.2) is 47.7 Å². The number of hydrogen-bond acceptors (Lipinski definition) is 7. The molecule has 8 nitrogen and oxygen atoms in total. The number of aromatic nitrogens is 3. The highest BCUT2D eigenvalue weighted by molar-refractivity contribution is 5.53. The molecule has 0 amide bonds. The van der Waals surface area contributed by atoms with Crippen molar-refractivity contribution < 1.29 is 28.1 Å². The van der Waals surface area contributed by atoms with Crippen LogP contribution in [0.3, 0.4) is 0 Å². The van der Waals surface area contributed by atoms with Gasteiger partial charge in [-0.15, -0.1) is 0 Å². The smallest absolute Gasteiger partial charge is 0.203 e. The summed E-state index contributed by atoms with van der Waals surface area (Å²) in [6.45, 7) is 0.170. The molecule has 0 spiro atoms. The zero-order valence-electron chi connectivity index (χ0n) is 17.4. The van der Waals surface area contributed by atoms with Crippen LogP contribution in [0.1, 0.15) is 11.1 Å². The van der Waals surface area contributed by atoms with E-state index in [0.717, 1.165) is 17.7 Å². The Kier molecular flexibility index (Phi) is 7.03. The quantitative estimate of drug-likeness (QED) is 0.506. The third-order valence-electron chi connectivity index (χ3n) is 4.79. The molecule has 2 N–H and O–H groups in total. The van der Waals surface area contributed by atoms with Gasteiger partial charge in [0, 0.05) is 24.7 Å². The lowest BCUT2D eigenvalue weighted by Crippen LogP contribution is -2.42. The van der Waals surface area contributed by atoms with Gasteiger partial charge >= 0.3 is 0 Å². The van der Waals surface area contributed by atoms with E-state index in [1.54, 1.807) is 12.1 Å². The maximum absolute atomic E-state index is 14.5. The number of halogens is 2. The second-order valence-electron chi connectivity index (χ2n) is 6.89. The number of aliphatic hydroxyl groups is 1. The highest BCUT2D eigenvalue weighted by atomic mass is 19.1. The first-order valence-corrected chi connectivity index (χ1v) is 9.40. The van der Waals surface area contributed by atoms with Gasteiger partial charge in [0.25, 0.3) is 0 Å². The monoisotopic (exact) mass is 434 g/mol.